The minimum atomic E-state index is 0.484. The molecule has 3 fully saturated rings. The number of hydrogen-bond donors (Lipinski definition) is 1. The third kappa shape index (κ3) is 3.70. The lowest BCUT2D eigenvalue weighted by Crippen LogP contribution is -2.41. The molecule has 3 heterocycles. The Hall–Kier alpha value is -2.02. The van der Waals surface area contributed by atoms with Crippen molar-refractivity contribution in [2.24, 2.45) is 0 Å². The van der Waals surface area contributed by atoms with Gasteiger partial charge in [0.25, 0.3) is 5.89 Å². The minimum Gasteiger partial charge on any atom is -0.353 e. The molecule has 0 spiro atoms. The molecule has 1 atom stereocenters. The smallest absolute Gasteiger partial charge is 0.261 e. The highest BCUT2D eigenvalue weighted by atomic mass is 16.5. The zero-order chi connectivity index (χ0) is 18.2. The first-order chi connectivity index (χ1) is 13.3. The van der Waals surface area contributed by atoms with Crippen LogP contribution in [0.5, 0.6) is 0 Å². The fraction of sp³-hybridized carbons (Fsp3) is 0.700. The molecule has 0 bridgehead atoms. The van der Waals surface area contributed by atoms with Crippen LogP contribution in [-0.4, -0.2) is 45.5 Å². The van der Waals surface area contributed by atoms with Gasteiger partial charge in [0.15, 0.2) is 11.6 Å². The van der Waals surface area contributed by atoms with E-state index in [-0.39, 0.29) is 0 Å². The number of nitrogens with one attached hydrogen (secondary N) is 1. The van der Waals surface area contributed by atoms with E-state index < -0.39 is 0 Å². The SMILES string of the molecule is Cc1cc(-c2nc(C3CC3)no2)c(N2CCC(NC3CCCCC3)C2)nn1. The predicted octanol–water partition coefficient (Wildman–Crippen LogP) is 3.21. The summed E-state index contributed by atoms with van der Waals surface area (Å²) in [5.41, 5.74) is 1.79. The summed E-state index contributed by atoms with van der Waals surface area (Å²) >= 11 is 0. The summed E-state index contributed by atoms with van der Waals surface area (Å²) in [7, 11) is 0. The van der Waals surface area contributed by atoms with E-state index in [1.807, 2.05) is 13.0 Å². The largest absolute Gasteiger partial charge is 0.353 e. The molecule has 1 unspecified atom stereocenters. The second-order valence-electron chi connectivity index (χ2n) is 8.39. The predicted molar refractivity (Wildman–Crippen MR) is 103 cm³/mol. The molecule has 2 saturated carbocycles. The Morgan fingerprint density at radius 2 is 1.89 bits per heavy atom. The van der Waals surface area contributed by atoms with E-state index in [9.17, 15) is 0 Å². The van der Waals surface area contributed by atoms with Gasteiger partial charge in [-0.1, -0.05) is 24.4 Å². The molecule has 0 amide bonds. The first kappa shape index (κ1) is 17.1. The molecule has 2 aliphatic carbocycles. The van der Waals surface area contributed by atoms with Crippen molar-refractivity contribution in [2.75, 3.05) is 18.0 Å². The van der Waals surface area contributed by atoms with Gasteiger partial charge in [-0.05, 0) is 45.1 Å². The van der Waals surface area contributed by atoms with Crippen LogP contribution in [0.25, 0.3) is 11.5 Å². The molecule has 0 aromatic carbocycles. The van der Waals surface area contributed by atoms with Crippen LogP contribution in [0.15, 0.2) is 10.6 Å². The topological polar surface area (TPSA) is 80.0 Å². The molecular weight excluding hydrogens is 340 g/mol. The molecule has 2 aromatic rings. The van der Waals surface area contributed by atoms with E-state index in [2.05, 4.69) is 30.6 Å². The van der Waals surface area contributed by atoms with E-state index in [4.69, 9.17) is 4.52 Å². The standard InChI is InChI=1S/C20H28N6O/c1-13-11-17(20-22-18(25-27-20)14-7-8-14)19(24-23-13)26-10-9-16(12-26)21-15-5-3-2-4-6-15/h11,14-16,21H,2-10,12H2,1H3. The molecule has 7 heteroatoms. The summed E-state index contributed by atoms with van der Waals surface area (Å²) in [6, 6.07) is 3.23. The maximum atomic E-state index is 5.58. The molecule has 1 aliphatic heterocycles. The van der Waals surface area contributed by atoms with Crippen molar-refractivity contribution in [3.05, 3.63) is 17.6 Å². The Morgan fingerprint density at radius 1 is 1.04 bits per heavy atom. The van der Waals surface area contributed by atoms with Crippen molar-refractivity contribution < 1.29 is 4.52 Å². The molecule has 3 aliphatic rings. The molecule has 1 saturated heterocycles. The van der Waals surface area contributed by atoms with E-state index in [1.54, 1.807) is 0 Å². The van der Waals surface area contributed by atoms with E-state index >= 15 is 0 Å². The first-order valence-corrected chi connectivity index (χ1v) is 10.5. The molecule has 0 radical (unpaired) electrons. The van der Waals surface area contributed by atoms with Crippen molar-refractivity contribution >= 4 is 5.82 Å². The number of anilines is 1. The third-order valence-corrected chi connectivity index (χ3v) is 6.08. The number of rotatable bonds is 5. The van der Waals surface area contributed by atoms with E-state index in [0.29, 0.717) is 23.9 Å². The number of hydrogen-bond acceptors (Lipinski definition) is 7. The average molecular weight is 368 g/mol. The molecular formula is C20H28N6O. The van der Waals surface area contributed by atoms with Gasteiger partial charge >= 0.3 is 0 Å². The summed E-state index contributed by atoms with van der Waals surface area (Å²) in [6.07, 6.45) is 10.2. The van der Waals surface area contributed by atoms with Gasteiger partial charge < -0.3 is 14.7 Å². The van der Waals surface area contributed by atoms with Crippen LogP contribution in [0.3, 0.4) is 0 Å². The molecule has 144 valence electrons. The van der Waals surface area contributed by atoms with Gasteiger partial charge in [-0.2, -0.15) is 10.1 Å². The van der Waals surface area contributed by atoms with Gasteiger partial charge in [0.1, 0.15) is 0 Å². The highest BCUT2D eigenvalue weighted by molar-refractivity contribution is 5.70. The Morgan fingerprint density at radius 3 is 2.70 bits per heavy atom. The Labute approximate surface area is 159 Å². The van der Waals surface area contributed by atoms with Gasteiger partial charge in [-0.3, -0.25) is 0 Å². The summed E-state index contributed by atoms with van der Waals surface area (Å²) < 4.78 is 5.58. The van der Waals surface area contributed by atoms with Gasteiger partial charge in [0.2, 0.25) is 0 Å². The average Bonchev–Trinajstić information content (AvgIpc) is 3.24. The number of nitrogens with zero attached hydrogens (tertiary/aromatic N) is 5. The fourth-order valence-electron chi connectivity index (χ4n) is 4.42. The van der Waals surface area contributed by atoms with Crippen LogP contribution in [0.1, 0.15) is 68.8 Å². The highest BCUT2D eigenvalue weighted by Gasteiger charge is 2.32. The van der Waals surface area contributed by atoms with Crippen LogP contribution in [0, 0.1) is 6.92 Å². The number of aryl methyl sites for hydroxylation is 1. The maximum Gasteiger partial charge on any atom is 0.261 e. The Balaban J connectivity index is 1.33. The lowest BCUT2D eigenvalue weighted by molar-refractivity contribution is 0.344. The summed E-state index contributed by atoms with van der Waals surface area (Å²) in [4.78, 5) is 6.96. The summed E-state index contributed by atoms with van der Waals surface area (Å²) in [5, 5.41) is 16.9. The quantitative estimate of drug-likeness (QED) is 0.868. The van der Waals surface area contributed by atoms with Gasteiger partial charge in [-0.15, -0.1) is 5.10 Å². The normalized spacial score (nSPS) is 23.9. The molecule has 27 heavy (non-hydrogen) atoms. The lowest BCUT2D eigenvalue weighted by atomic mass is 9.95. The zero-order valence-electron chi connectivity index (χ0n) is 16.0. The van der Waals surface area contributed by atoms with Crippen molar-refractivity contribution in [1.29, 1.82) is 0 Å². The van der Waals surface area contributed by atoms with E-state index in [0.717, 1.165) is 42.4 Å². The van der Waals surface area contributed by atoms with Crippen molar-refractivity contribution in [1.82, 2.24) is 25.7 Å². The van der Waals surface area contributed by atoms with Gasteiger partial charge in [0, 0.05) is 31.1 Å². The zero-order valence-corrected chi connectivity index (χ0v) is 16.0. The van der Waals surface area contributed by atoms with Crippen molar-refractivity contribution in [3.8, 4) is 11.5 Å². The first-order valence-electron chi connectivity index (χ1n) is 10.5. The van der Waals surface area contributed by atoms with Crippen LogP contribution in [0.2, 0.25) is 0 Å². The van der Waals surface area contributed by atoms with Crippen molar-refractivity contribution in [2.45, 2.75) is 76.3 Å². The molecule has 5 rings (SSSR count). The highest BCUT2D eigenvalue weighted by Crippen LogP contribution is 2.39. The van der Waals surface area contributed by atoms with Crippen molar-refractivity contribution in [3.63, 3.8) is 0 Å². The third-order valence-electron chi connectivity index (χ3n) is 6.08. The summed E-state index contributed by atoms with van der Waals surface area (Å²) in [6.45, 7) is 3.90. The van der Waals surface area contributed by atoms with Crippen LogP contribution in [-0.2, 0) is 0 Å². The van der Waals surface area contributed by atoms with E-state index in [1.165, 1.54) is 44.9 Å². The molecule has 2 aromatic heterocycles. The van der Waals surface area contributed by atoms with Crippen LogP contribution < -0.4 is 10.2 Å². The second kappa shape index (κ2) is 7.19. The maximum absolute atomic E-state index is 5.58. The summed E-state index contributed by atoms with van der Waals surface area (Å²) in [5.74, 6) is 2.77. The number of aromatic nitrogens is 4. The van der Waals surface area contributed by atoms with Crippen LogP contribution in [0.4, 0.5) is 5.82 Å². The molecule has 1 N–H and O–H groups in total. The van der Waals surface area contributed by atoms with Gasteiger partial charge in [0.05, 0.1) is 11.3 Å². The Bertz CT molecular complexity index is 796. The minimum absolute atomic E-state index is 0.484. The lowest BCUT2D eigenvalue weighted by Gasteiger charge is -2.26. The van der Waals surface area contributed by atoms with Crippen LogP contribution >= 0.6 is 0 Å². The molecule has 7 nitrogen and oxygen atoms in total. The fourth-order valence-corrected chi connectivity index (χ4v) is 4.42. The second-order valence-corrected chi connectivity index (χ2v) is 8.39. The Kier molecular flexibility index (Phi) is 4.55. The monoisotopic (exact) mass is 368 g/mol. The van der Waals surface area contributed by atoms with Gasteiger partial charge in [-0.25, -0.2) is 0 Å².